The number of rotatable bonds is 5. The fourth-order valence-electron chi connectivity index (χ4n) is 3.49. The number of benzene rings is 1. The number of aryl methyl sites for hydroxylation is 1. The normalized spacial score (nSPS) is 23.4. The average Bonchev–Trinajstić information content (AvgIpc) is 3.20. The van der Waals surface area contributed by atoms with Gasteiger partial charge < -0.3 is 9.64 Å². The topological polar surface area (TPSA) is 66.9 Å². The Balaban J connectivity index is 1.79. The quantitative estimate of drug-likeness (QED) is 0.765. The molecule has 3 rings (SSSR count). The minimum absolute atomic E-state index is 0.0284. The number of amides is 3. The van der Waals surface area contributed by atoms with Crippen molar-refractivity contribution in [1.82, 2.24) is 4.90 Å². The molecule has 0 radical (unpaired) electrons. The molecule has 2 atom stereocenters. The number of imide groups is 1. The van der Waals surface area contributed by atoms with Crippen molar-refractivity contribution in [1.29, 1.82) is 0 Å². The highest BCUT2D eigenvalue weighted by molar-refractivity contribution is 6.22. The third-order valence-electron chi connectivity index (χ3n) is 4.93. The molecule has 2 aliphatic heterocycles. The van der Waals surface area contributed by atoms with E-state index in [1.54, 1.807) is 12.1 Å². The maximum absolute atomic E-state index is 12.9. The number of nitrogens with zero attached hydrogens (tertiary/aromatic N) is 2. The first-order chi connectivity index (χ1) is 12.0. The number of anilines is 1. The lowest BCUT2D eigenvalue weighted by atomic mass is 10.1. The zero-order valence-corrected chi connectivity index (χ0v) is 14.7. The summed E-state index contributed by atoms with van der Waals surface area (Å²) in [6.07, 6.45) is 2.71. The van der Waals surface area contributed by atoms with Crippen LogP contribution in [0.5, 0.6) is 0 Å². The van der Waals surface area contributed by atoms with Crippen molar-refractivity contribution in [2.24, 2.45) is 0 Å². The van der Waals surface area contributed by atoms with Crippen LogP contribution in [0.3, 0.4) is 0 Å². The minimum atomic E-state index is -0.736. The number of carbonyl (C=O) groups excluding carboxylic acids is 3. The van der Waals surface area contributed by atoms with Crippen molar-refractivity contribution < 1.29 is 19.1 Å². The predicted molar refractivity (Wildman–Crippen MR) is 93.1 cm³/mol. The van der Waals surface area contributed by atoms with Gasteiger partial charge in [-0.15, -0.1) is 0 Å². The highest BCUT2D eigenvalue weighted by Gasteiger charge is 2.44. The van der Waals surface area contributed by atoms with Crippen LogP contribution < -0.4 is 4.90 Å². The van der Waals surface area contributed by atoms with E-state index in [4.69, 9.17) is 4.74 Å². The first-order valence-electron chi connectivity index (χ1n) is 8.85. The van der Waals surface area contributed by atoms with E-state index in [1.165, 1.54) is 16.7 Å². The van der Waals surface area contributed by atoms with Crippen LogP contribution in [-0.2, 0) is 25.5 Å². The fraction of sp³-hybridized carbons (Fsp3) is 0.526. The summed E-state index contributed by atoms with van der Waals surface area (Å²) >= 11 is 0. The second-order valence-corrected chi connectivity index (χ2v) is 6.61. The smallest absolute Gasteiger partial charge is 0.257 e. The summed E-state index contributed by atoms with van der Waals surface area (Å²) in [6.45, 7) is 4.53. The summed E-state index contributed by atoms with van der Waals surface area (Å²) in [6, 6.07) is 6.67. The van der Waals surface area contributed by atoms with Gasteiger partial charge >= 0.3 is 0 Å². The van der Waals surface area contributed by atoms with E-state index >= 15 is 0 Å². The molecule has 1 aromatic carbocycles. The number of hydrogen-bond donors (Lipinski definition) is 0. The monoisotopic (exact) mass is 344 g/mol. The largest absolute Gasteiger partial charge is 0.376 e. The Hall–Kier alpha value is -2.21. The van der Waals surface area contributed by atoms with E-state index in [0.717, 1.165) is 24.8 Å². The first kappa shape index (κ1) is 17.6. The summed E-state index contributed by atoms with van der Waals surface area (Å²) in [7, 11) is 0. The molecule has 0 N–H and O–H groups in total. The van der Waals surface area contributed by atoms with Gasteiger partial charge in [0.25, 0.3) is 5.91 Å². The second-order valence-electron chi connectivity index (χ2n) is 6.61. The van der Waals surface area contributed by atoms with Crippen molar-refractivity contribution >= 4 is 23.4 Å². The van der Waals surface area contributed by atoms with Crippen LogP contribution in [0, 0.1) is 0 Å². The molecular weight excluding hydrogens is 320 g/mol. The standard InChI is InChI=1S/C19H24N2O4/c1-3-14-6-8-15(9-7-14)21-18(23)11-17(19(21)24)20(13(2)22)12-16-5-4-10-25-16/h6-9,16-17H,3-5,10-12H2,1-2H3/t16-,17+/m1/s1. The van der Waals surface area contributed by atoms with Crippen molar-refractivity contribution in [2.45, 2.75) is 51.7 Å². The Morgan fingerprint density at radius 2 is 2.00 bits per heavy atom. The minimum Gasteiger partial charge on any atom is -0.376 e. The molecule has 0 aliphatic carbocycles. The SMILES string of the molecule is CCc1ccc(N2C(=O)C[C@H](N(C[C@H]3CCCO3)C(C)=O)C2=O)cc1. The summed E-state index contributed by atoms with van der Waals surface area (Å²) in [4.78, 5) is 40.1. The second kappa shape index (κ2) is 7.35. The summed E-state index contributed by atoms with van der Waals surface area (Å²) in [5.41, 5.74) is 1.71. The highest BCUT2D eigenvalue weighted by Crippen LogP contribution is 2.27. The van der Waals surface area contributed by atoms with Crippen molar-refractivity contribution in [3.8, 4) is 0 Å². The van der Waals surface area contributed by atoms with Gasteiger partial charge in [-0.3, -0.25) is 14.4 Å². The highest BCUT2D eigenvalue weighted by atomic mass is 16.5. The molecule has 0 bridgehead atoms. The molecule has 134 valence electrons. The average molecular weight is 344 g/mol. The van der Waals surface area contributed by atoms with E-state index in [2.05, 4.69) is 0 Å². The zero-order chi connectivity index (χ0) is 18.0. The van der Waals surface area contributed by atoms with E-state index in [0.29, 0.717) is 18.8 Å². The molecule has 2 saturated heterocycles. The van der Waals surface area contributed by atoms with Gasteiger partial charge in [-0.25, -0.2) is 4.90 Å². The Kier molecular flexibility index (Phi) is 5.18. The molecule has 2 aliphatic rings. The molecule has 25 heavy (non-hydrogen) atoms. The van der Waals surface area contributed by atoms with Crippen LogP contribution in [0.4, 0.5) is 5.69 Å². The number of hydrogen-bond acceptors (Lipinski definition) is 4. The Bertz CT molecular complexity index is 665. The zero-order valence-electron chi connectivity index (χ0n) is 14.7. The molecular formula is C19H24N2O4. The fourth-order valence-corrected chi connectivity index (χ4v) is 3.49. The number of ether oxygens (including phenoxy) is 1. The number of carbonyl (C=O) groups is 3. The predicted octanol–water partition coefficient (Wildman–Crippen LogP) is 1.91. The van der Waals surface area contributed by atoms with Crippen LogP contribution in [0.1, 0.15) is 38.7 Å². The van der Waals surface area contributed by atoms with Gasteiger partial charge in [-0.2, -0.15) is 0 Å². The van der Waals surface area contributed by atoms with Gasteiger partial charge in [0.15, 0.2) is 0 Å². The lowest BCUT2D eigenvalue weighted by molar-refractivity contribution is -0.138. The van der Waals surface area contributed by atoms with Crippen LogP contribution in [0.2, 0.25) is 0 Å². The summed E-state index contributed by atoms with van der Waals surface area (Å²) < 4.78 is 5.59. The van der Waals surface area contributed by atoms with Gasteiger partial charge in [-0.1, -0.05) is 19.1 Å². The van der Waals surface area contributed by atoms with Crippen LogP contribution in [0.15, 0.2) is 24.3 Å². The molecule has 2 fully saturated rings. The van der Waals surface area contributed by atoms with Gasteiger partial charge in [0.2, 0.25) is 11.8 Å². The molecule has 0 unspecified atom stereocenters. The lowest BCUT2D eigenvalue weighted by Crippen LogP contribution is -2.47. The molecule has 2 heterocycles. The van der Waals surface area contributed by atoms with Crippen LogP contribution in [-0.4, -0.2) is 47.9 Å². The van der Waals surface area contributed by atoms with Gasteiger partial charge in [0.1, 0.15) is 6.04 Å². The molecule has 6 nitrogen and oxygen atoms in total. The molecule has 0 spiro atoms. The molecule has 1 aromatic rings. The third-order valence-corrected chi connectivity index (χ3v) is 4.93. The molecule has 3 amide bonds. The van der Waals surface area contributed by atoms with E-state index < -0.39 is 6.04 Å². The van der Waals surface area contributed by atoms with Crippen molar-refractivity contribution in [3.63, 3.8) is 0 Å². The molecule has 0 aromatic heterocycles. The van der Waals surface area contributed by atoms with Gasteiger partial charge in [0.05, 0.1) is 18.2 Å². The van der Waals surface area contributed by atoms with E-state index in [9.17, 15) is 14.4 Å². The van der Waals surface area contributed by atoms with E-state index in [-0.39, 0.29) is 30.2 Å². The van der Waals surface area contributed by atoms with E-state index in [1.807, 2.05) is 19.1 Å². The first-order valence-corrected chi connectivity index (χ1v) is 8.85. The molecule has 6 heteroatoms. The third kappa shape index (κ3) is 3.58. The van der Waals surface area contributed by atoms with Crippen molar-refractivity contribution in [3.05, 3.63) is 29.8 Å². The summed E-state index contributed by atoms with van der Waals surface area (Å²) in [5, 5.41) is 0. The Morgan fingerprint density at radius 1 is 1.28 bits per heavy atom. The maximum atomic E-state index is 12.9. The van der Waals surface area contributed by atoms with Crippen LogP contribution in [0.25, 0.3) is 0 Å². The van der Waals surface area contributed by atoms with Crippen molar-refractivity contribution in [2.75, 3.05) is 18.1 Å². The lowest BCUT2D eigenvalue weighted by Gasteiger charge is -2.28. The summed E-state index contributed by atoms with van der Waals surface area (Å²) in [5.74, 6) is -0.801. The maximum Gasteiger partial charge on any atom is 0.257 e. The van der Waals surface area contributed by atoms with Gasteiger partial charge in [-0.05, 0) is 37.0 Å². The Morgan fingerprint density at radius 3 is 2.56 bits per heavy atom. The molecule has 0 saturated carbocycles. The van der Waals surface area contributed by atoms with Crippen LogP contribution >= 0.6 is 0 Å². The van der Waals surface area contributed by atoms with Gasteiger partial charge in [0, 0.05) is 20.1 Å². The Labute approximate surface area is 147 Å².